The van der Waals surface area contributed by atoms with Crippen molar-refractivity contribution in [2.24, 2.45) is 0 Å². The number of rotatable bonds is 9. The van der Waals surface area contributed by atoms with Crippen molar-refractivity contribution in [3.05, 3.63) is 29.8 Å². The Hall–Kier alpha value is -1.38. The van der Waals surface area contributed by atoms with Gasteiger partial charge in [0.1, 0.15) is 0 Å². The molecule has 0 fully saturated rings. The van der Waals surface area contributed by atoms with Crippen LogP contribution >= 0.6 is 23.4 Å². The van der Waals surface area contributed by atoms with Crippen LogP contribution in [-0.2, 0) is 0 Å². The first kappa shape index (κ1) is 27.7. The Bertz CT molecular complexity index is 789. The van der Waals surface area contributed by atoms with Gasteiger partial charge in [-0.25, -0.2) is 0 Å². The fourth-order valence-electron chi connectivity index (χ4n) is 1.94. The van der Waals surface area contributed by atoms with E-state index < -0.39 is 53.2 Å². The first-order valence-corrected chi connectivity index (χ1v) is 8.88. The van der Waals surface area contributed by atoms with Gasteiger partial charge in [-0.05, 0) is 35.9 Å². The summed E-state index contributed by atoms with van der Waals surface area (Å²) in [5.74, 6) is -38.0. The second-order valence-electron chi connectivity index (χ2n) is 5.90. The van der Waals surface area contributed by atoms with Crippen molar-refractivity contribution in [1.82, 2.24) is 0 Å². The molecule has 0 aromatic heterocycles. The molecular weight excluding hydrogens is 511 g/mol. The lowest BCUT2D eigenvalue weighted by Crippen LogP contribution is -2.70. The molecule has 1 aromatic carbocycles. The molecule has 0 unspecified atom stereocenters. The third-order valence-electron chi connectivity index (χ3n) is 3.76. The van der Waals surface area contributed by atoms with E-state index in [-0.39, 0.29) is 22.2 Å². The standard InChI is InChI=1S/C15H8ClF13OS/c16-9(30)7-1-3-8(4-2-7)31-6-5-10(17,18)11(19,20)12(21,22)13(23,24)14(25,26)15(27,28)29/h1-4H,5-6H2. The molecule has 0 aliphatic rings. The summed E-state index contributed by atoms with van der Waals surface area (Å²) in [7, 11) is 0. The lowest BCUT2D eigenvalue weighted by Gasteiger charge is -2.39. The van der Waals surface area contributed by atoms with Gasteiger partial charge in [0.2, 0.25) is 0 Å². The van der Waals surface area contributed by atoms with E-state index in [1.807, 2.05) is 0 Å². The van der Waals surface area contributed by atoms with Gasteiger partial charge in [-0.15, -0.1) is 11.8 Å². The fraction of sp³-hybridized carbons (Fsp3) is 0.533. The molecule has 1 nitrogen and oxygen atoms in total. The Balaban J connectivity index is 3.06. The van der Waals surface area contributed by atoms with E-state index in [1.54, 1.807) is 0 Å². The van der Waals surface area contributed by atoms with Crippen molar-refractivity contribution in [3.63, 3.8) is 0 Å². The second-order valence-corrected chi connectivity index (χ2v) is 7.41. The zero-order valence-corrected chi connectivity index (χ0v) is 15.9. The molecule has 1 rings (SSSR count). The second kappa shape index (κ2) is 8.52. The van der Waals surface area contributed by atoms with Crippen LogP contribution in [0.5, 0.6) is 0 Å². The van der Waals surface area contributed by atoms with Gasteiger partial charge in [-0.1, -0.05) is 0 Å². The minimum Gasteiger partial charge on any atom is -0.276 e. The maximum absolute atomic E-state index is 13.6. The Kier molecular flexibility index (Phi) is 7.60. The molecule has 178 valence electrons. The highest BCUT2D eigenvalue weighted by atomic mass is 35.5. The van der Waals surface area contributed by atoms with Crippen LogP contribution in [0.3, 0.4) is 0 Å². The Morgan fingerprint density at radius 1 is 0.710 bits per heavy atom. The van der Waals surface area contributed by atoms with E-state index in [1.165, 1.54) is 0 Å². The number of alkyl halides is 13. The molecule has 0 spiro atoms. The van der Waals surface area contributed by atoms with Gasteiger partial charge in [0.15, 0.2) is 0 Å². The van der Waals surface area contributed by atoms with Gasteiger partial charge in [0.25, 0.3) is 5.24 Å². The van der Waals surface area contributed by atoms with Crippen molar-refractivity contribution in [2.45, 2.75) is 47.1 Å². The third kappa shape index (κ3) is 4.86. The van der Waals surface area contributed by atoms with Gasteiger partial charge in [0, 0.05) is 22.6 Å². The summed E-state index contributed by atoms with van der Waals surface area (Å²) < 4.78 is 169. The molecule has 0 aliphatic carbocycles. The van der Waals surface area contributed by atoms with E-state index in [9.17, 15) is 61.9 Å². The van der Waals surface area contributed by atoms with Crippen LogP contribution in [0.15, 0.2) is 29.2 Å². The predicted octanol–water partition coefficient (Wildman–Crippen LogP) is 7.29. The highest BCUT2D eigenvalue weighted by Crippen LogP contribution is 2.60. The molecule has 16 heteroatoms. The number of hydrogen-bond donors (Lipinski definition) is 0. The monoisotopic (exact) mass is 518 g/mol. The van der Waals surface area contributed by atoms with Crippen molar-refractivity contribution >= 4 is 28.6 Å². The predicted molar refractivity (Wildman–Crippen MR) is 82.8 cm³/mol. The van der Waals surface area contributed by atoms with Gasteiger partial charge in [-0.3, -0.25) is 4.79 Å². The maximum atomic E-state index is 13.6. The van der Waals surface area contributed by atoms with E-state index in [4.69, 9.17) is 11.6 Å². The summed E-state index contributed by atoms with van der Waals surface area (Å²) in [6.45, 7) is 0. The average Bonchev–Trinajstić information content (AvgIpc) is 2.60. The van der Waals surface area contributed by atoms with Crippen LogP contribution in [-0.4, -0.2) is 46.8 Å². The molecule has 0 heterocycles. The van der Waals surface area contributed by atoms with Crippen LogP contribution in [0.4, 0.5) is 57.1 Å². The SMILES string of the molecule is O=C(Cl)c1ccc(SCCC(F)(F)C(F)(F)C(F)(F)C(F)(F)C(F)(F)C(F)(F)F)cc1. The average molecular weight is 519 g/mol. The molecule has 0 saturated carbocycles. The van der Waals surface area contributed by atoms with E-state index in [2.05, 4.69) is 0 Å². The van der Waals surface area contributed by atoms with Gasteiger partial charge < -0.3 is 0 Å². The lowest BCUT2D eigenvalue weighted by molar-refractivity contribution is -0.439. The van der Waals surface area contributed by atoms with E-state index in [0.29, 0.717) is 0 Å². The van der Waals surface area contributed by atoms with Crippen molar-refractivity contribution in [2.75, 3.05) is 5.75 Å². The molecule has 0 radical (unpaired) electrons. The van der Waals surface area contributed by atoms with Gasteiger partial charge in [-0.2, -0.15) is 57.1 Å². The smallest absolute Gasteiger partial charge is 0.276 e. The minimum atomic E-state index is -7.90. The van der Waals surface area contributed by atoms with Crippen LogP contribution in [0.1, 0.15) is 16.8 Å². The van der Waals surface area contributed by atoms with Gasteiger partial charge in [0.05, 0.1) is 0 Å². The number of carbonyl (C=O) groups excluding carboxylic acids is 1. The number of hydrogen-bond acceptors (Lipinski definition) is 2. The highest BCUT2D eigenvalue weighted by Gasteiger charge is 2.90. The summed E-state index contributed by atoms with van der Waals surface area (Å²) >= 11 is 5.41. The Morgan fingerprint density at radius 3 is 1.52 bits per heavy atom. The molecule has 0 amide bonds. The summed E-state index contributed by atoms with van der Waals surface area (Å²) in [6.07, 6.45) is -9.73. The largest absolute Gasteiger partial charge is 0.460 e. The molecule has 0 bridgehead atoms. The minimum absolute atomic E-state index is 0.00137. The summed E-state index contributed by atoms with van der Waals surface area (Å²) in [4.78, 5) is 10.8. The topological polar surface area (TPSA) is 17.1 Å². The molecular formula is C15H8ClF13OS. The van der Waals surface area contributed by atoms with E-state index in [0.717, 1.165) is 24.3 Å². The number of halogens is 14. The zero-order valence-electron chi connectivity index (χ0n) is 14.3. The van der Waals surface area contributed by atoms with E-state index >= 15 is 0 Å². The first-order chi connectivity index (χ1) is 13.6. The summed E-state index contributed by atoms with van der Waals surface area (Å²) in [5.41, 5.74) is -0.0599. The quantitative estimate of drug-likeness (QED) is 0.194. The van der Waals surface area contributed by atoms with Crippen LogP contribution in [0, 0.1) is 0 Å². The molecule has 1 aromatic rings. The van der Waals surface area contributed by atoms with Gasteiger partial charge >= 0.3 is 35.8 Å². The molecule has 0 N–H and O–H groups in total. The third-order valence-corrected chi connectivity index (χ3v) is 5.00. The normalized spacial score (nSPS) is 14.6. The fourth-order valence-corrected chi connectivity index (χ4v) is 2.99. The molecule has 0 saturated heterocycles. The lowest BCUT2D eigenvalue weighted by atomic mass is 9.93. The summed E-state index contributed by atoms with van der Waals surface area (Å²) in [6, 6.07) is 4.28. The molecule has 0 aliphatic heterocycles. The maximum Gasteiger partial charge on any atom is 0.460 e. The highest BCUT2D eigenvalue weighted by molar-refractivity contribution is 7.99. The van der Waals surface area contributed by atoms with Crippen LogP contribution < -0.4 is 0 Å². The molecule has 31 heavy (non-hydrogen) atoms. The van der Waals surface area contributed by atoms with Crippen molar-refractivity contribution in [1.29, 1.82) is 0 Å². The first-order valence-electron chi connectivity index (χ1n) is 7.52. The summed E-state index contributed by atoms with van der Waals surface area (Å²) in [5, 5.41) is -0.915. The number of thioether (sulfide) groups is 1. The Morgan fingerprint density at radius 2 is 1.13 bits per heavy atom. The number of carbonyl (C=O) groups is 1. The zero-order chi connectivity index (χ0) is 24.7. The van der Waals surface area contributed by atoms with Crippen molar-refractivity contribution < 1.29 is 61.9 Å². The van der Waals surface area contributed by atoms with Crippen molar-refractivity contribution in [3.8, 4) is 0 Å². The van der Waals surface area contributed by atoms with Crippen LogP contribution in [0.2, 0.25) is 0 Å². The molecule has 0 atom stereocenters. The Labute approximate surface area is 173 Å². The number of benzene rings is 1. The van der Waals surface area contributed by atoms with Crippen LogP contribution in [0.25, 0.3) is 0 Å².